The van der Waals surface area contributed by atoms with Gasteiger partial charge in [-0.25, -0.2) is 19.1 Å². The zero-order valence-corrected chi connectivity index (χ0v) is 75.5. The monoisotopic (exact) mass is 1910 g/mol. The van der Waals surface area contributed by atoms with Gasteiger partial charge in [-0.3, -0.25) is 19.2 Å². The fraction of sp³-hybridized carbons (Fsp3) is 0.609. The number of aromatic nitrogens is 9. The third-order valence-electron chi connectivity index (χ3n) is 20.7. The Morgan fingerprint density at radius 3 is 1.27 bits per heavy atom. The number of nitrogen functional groups attached to an aromatic ring is 1. The van der Waals surface area contributed by atoms with Gasteiger partial charge in [-0.15, -0.1) is 0 Å². The van der Waals surface area contributed by atoms with E-state index in [0.717, 1.165) is 123 Å². The molecule has 0 unspecified atom stereocenters. The predicted molar refractivity (Wildman–Crippen MR) is 475 cm³/mol. The standard InChI is InChI=1S/C18H22BrN3O.C13H13N3O.C12H17IN2O.2C12H22.C6H6BrN.C4H3IN2O.C4H10.3C2H6.Pd/c19-16-8-4-5-9-17(16)21-15-12-18(23)22(20-13-15)11-10-14-6-2-1-3-7-14;1-2-7-16-13(17)12-9-5-3-4-6-10(9)15-11(12)8-14-16;13-11-8-12(16)15(14-9-11)7-6-10-4-2-1-3-5-10;2*1-3-7-11(8-4-1)12-9-5-2-6-10-12;7-5-3-1-2-4-6(5)8;5-3-1-4(8)7-6-2-3;1-3-4-2;3*1-2;/h4-5,8-9,12-14,21H,1-3,6-7,10-11H2;3-6,8,15H,2,7H2,1H3;8-10H,1-7H2;2*11-12H,1-10H2;1-4H,8H2;1-2H,(H,7,8);3-4H2,1-2H3;3*1-2H3;. The molecule has 6 fully saturated rings. The number of nitrogens with one attached hydrogen (secondary N) is 3. The predicted octanol–water partition coefficient (Wildman–Crippen LogP) is 25.4. The number of H-pyrrole nitrogens is 2. The number of rotatable bonds is 13. The second-order valence-corrected chi connectivity index (χ2v) is 32.4. The molecule has 0 spiro atoms. The molecule has 0 amide bonds. The van der Waals surface area contributed by atoms with Crippen molar-refractivity contribution in [3.05, 3.63) is 173 Å². The van der Waals surface area contributed by atoms with E-state index in [2.05, 4.69) is 104 Å². The average Bonchev–Trinajstić information content (AvgIpc) is 1.63. The van der Waals surface area contributed by atoms with Gasteiger partial charge in [0.05, 0.1) is 47.1 Å². The van der Waals surface area contributed by atoms with Crippen LogP contribution in [0.2, 0.25) is 0 Å². The molecule has 107 heavy (non-hydrogen) atoms. The van der Waals surface area contributed by atoms with Crippen LogP contribution in [0.3, 0.4) is 0 Å². The molecule has 0 aliphatic heterocycles. The van der Waals surface area contributed by atoms with Crippen LogP contribution in [0.4, 0.5) is 17.1 Å². The average molecular weight is 1920 g/mol. The number of unbranched alkanes of at least 4 members (excludes halogenated alkanes) is 1. The Balaban J connectivity index is 0.000000324. The summed E-state index contributed by atoms with van der Waals surface area (Å²) >= 11 is 10.9. The van der Waals surface area contributed by atoms with Crippen LogP contribution in [-0.2, 0) is 40.1 Å². The van der Waals surface area contributed by atoms with Crippen molar-refractivity contribution in [3.63, 3.8) is 0 Å². The van der Waals surface area contributed by atoms with E-state index in [1.165, 1.54) is 165 Å². The van der Waals surface area contributed by atoms with E-state index >= 15 is 0 Å². The minimum absolute atomic E-state index is 0. The minimum Gasteiger partial charge on any atom is -0.398 e. The number of para-hydroxylation sites is 3. The first-order valence-corrected chi connectivity index (χ1v) is 45.0. The van der Waals surface area contributed by atoms with Gasteiger partial charge in [-0.1, -0.05) is 310 Å². The molecule has 0 atom stereocenters. The fourth-order valence-corrected chi connectivity index (χ4v) is 16.4. The zero-order chi connectivity index (χ0) is 77.1. The van der Waals surface area contributed by atoms with Gasteiger partial charge in [0.1, 0.15) is 0 Å². The molecular formula is C87H133Br2I2N11O4Pd. The normalized spacial score (nSPS) is 16.1. The SMILES string of the molecule is C1CCC(C2CCCCC2)CC1.C1CCC(C2CCCCC2)CC1.CC.CC.CC.CCCC.CCCn1ncc2[nH]c3ccccc3c2c1=O.Nc1ccccc1Br.O=c1cc(I)cn[nH]1.O=c1cc(I)cnn1CCC1CCCCC1.O=c1cc(Nc2ccccc2Br)cnn1CCC1CCCCC1.[Pd]. The molecule has 5 N–H and O–H groups in total. The van der Waals surface area contributed by atoms with Gasteiger partial charge in [-0.05, 0) is 162 Å². The molecule has 6 saturated carbocycles. The summed E-state index contributed by atoms with van der Waals surface area (Å²) in [5.74, 6) is 6.12. The van der Waals surface area contributed by atoms with Gasteiger partial charge in [0, 0.05) is 90.9 Å². The maximum absolute atomic E-state index is 12.3. The second kappa shape index (κ2) is 59.4. The Morgan fingerprint density at radius 2 is 0.869 bits per heavy atom. The first kappa shape index (κ1) is 96.9. The summed E-state index contributed by atoms with van der Waals surface area (Å²) in [6.07, 6.45) is 56.7. The zero-order valence-electron chi connectivity index (χ0n) is 66.5. The molecule has 3 aromatic carbocycles. The summed E-state index contributed by atoms with van der Waals surface area (Å²) in [5.41, 5.74) is 9.51. The van der Waals surface area contributed by atoms with Crippen molar-refractivity contribution in [1.82, 2.24) is 44.5 Å². The Kier molecular flexibility index (Phi) is 53.8. The van der Waals surface area contributed by atoms with Crippen LogP contribution in [-0.4, -0.2) is 44.5 Å². The van der Waals surface area contributed by atoms with E-state index in [-0.39, 0.29) is 42.7 Å². The van der Waals surface area contributed by atoms with Crippen molar-refractivity contribution in [2.24, 2.45) is 35.5 Å². The van der Waals surface area contributed by atoms with Gasteiger partial charge in [0.25, 0.3) is 22.2 Å². The molecule has 0 bridgehead atoms. The van der Waals surface area contributed by atoms with Crippen LogP contribution >= 0.6 is 77.0 Å². The molecule has 15 nitrogen and oxygen atoms in total. The van der Waals surface area contributed by atoms with Gasteiger partial charge in [-0.2, -0.15) is 20.4 Å². The van der Waals surface area contributed by atoms with E-state index in [1.54, 1.807) is 97.7 Å². The van der Waals surface area contributed by atoms with Gasteiger partial charge in [0.15, 0.2) is 0 Å². The number of aryl methyl sites for hydroxylation is 3. The van der Waals surface area contributed by atoms with Gasteiger partial charge < -0.3 is 16.0 Å². The first-order chi connectivity index (χ1) is 51.7. The third-order valence-corrected chi connectivity index (χ3v) is 23.3. The Bertz CT molecular complexity index is 3740. The van der Waals surface area contributed by atoms with E-state index in [9.17, 15) is 19.2 Å². The largest absolute Gasteiger partial charge is 0.398 e. The van der Waals surface area contributed by atoms with Crippen molar-refractivity contribution < 1.29 is 20.4 Å². The van der Waals surface area contributed by atoms with Crippen LogP contribution in [0.1, 0.15) is 287 Å². The van der Waals surface area contributed by atoms with Crippen LogP contribution in [0.15, 0.2) is 144 Å². The summed E-state index contributed by atoms with van der Waals surface area (Å²) in [6.45, 7) is 20.6. The molecule has 6 aliphatic carbocycles. The first-order valence-electron chi connectivity index (χ1n) is 41.2. The van der Waals surface area contributed by atoms with Crippen molar-refractivity contribution in [1.29, 1.82) is 0 Å². The summed E-state index contributed by atoms with van der Waals surface area (Å²) in [5, 5.41) is 23.4. The van der Waals surface area contributed by atoms with Crippen molar-refractivity contribution >= 4 is 116 Å². The second-order valence-electron chi connectivity index (χ2n) is 28.2. The minimum atomic E-state index is -0.156. The molecule has 598 valence electrons. The number of nitrogens with zero attached hydrogens (tertiary/aromatic N) is 7. The Labute approximate surface area is 700 Å². The number of benzene rings is 3. The fourth-order valence-electron chi connectivity index (χ4n) is 14.9. The Morgan fingerprint density at radius 1 is 0.458 bits per heavy atom. The van der Waals surface area contributed by atoms with E-state index in [1.807, 2.05) is 144 Å². The van der Waals surface area contributed by atoms with Gasteiger partial charge in [0.2, 0.25) is 0 Å². The molecule has 14 rings (SSSR count). The topological polar surface area (TPSA) is 204 Å². The summed E-state index contributed by atoms with van der Waals surface area (Å²) in [7, 11) is 0. The van der Waals surface area contributed by atoms with Gasteiger partial charge >= 0.3 is 0 Å². The summed E-state index contributed by atoms with van der Waals surface area (Å²) in [6, 6.07) is 28.0. The molecule has 20 heteroatoms. The summed E-state index contributed by atoms with van der Waals surface area (Å²) in [4.78, 5) is 49.7. The molecule has 8 aromatic rings. The number of nitrogens with two attached hydrogens (primary N) is 1. The molecule has 0 radical (unpaired) electrons. The quantitative estimate of drug-likeness (QED) is 0.0488. The molecule has 6 aliphatic rings. The van der Waals surface area contributed by atoms with Crippen molar-refractivity contribution in [2.45, 2.75) is 307 Å². The van der Waals surface area contributed by atoms with Crippen LogP contribution in [0.25, 0.3) is 21.8 Å². The number of aromatic amines is 2. The summed E-state index contributed by atoms with van der Waals surface area (Å²) < 4.78 is 8.39. The van der Waals surface area contributed by atoms with Crippen molar-refractivity contribution in [2.75, 3.05) is 11.1 Å². The number of anilines is 3. The van der Waals surface area contributed by atoms with Crippen LogP contribution in [0.5, 0.6) is 0 Å². The van der Waals surface area contributed by atoms with Crippen LogP contribution < -0.4 is 33.3 Å². The van der Waals surface area contributed by atoms with Crippen molar-refractivity contribution in [3.8, 4) is 0 Å². The smallest absolute Gasteiger partial charge is 0.276 e. The van der Waals surface area contributed by atoms with E-state index in [0.29, 0.717) is 6.54 Å². The van der Waals surface area contributed by atoms with Crippen LogP contribution in [0, 0.1) is 42.6 Å². The third kappa shape index (κ3) is 37.7. The Hall–Kier alpha value is -4.34. The number of fused-ring (bicyclic) bond motifs is 3. The maximum atomic E-state index is 12.3. The maximum Gasteiger partial charge on any atom is 0.276 e. The number of hydrogen-bond acceptors (Lipinski definition) is 10. The van der Waals surface area contributed by atoms with E-state index in [4.69, 9.17) is 5.73 Å². The number of halogens is 4. The molecule has 0 saturated heterocycles. The molecule has 5 heterocycles. The number of hydrogen-bond donors (Lipinski definition) is 4. The van der Waals surface area contributed by atoms with E-state index < -0.39 is 0 Å². The molecule has 5 aromatic heterocycles. The molecular weight excluding hydrogens is 1780 g/mol.